The van der Waals surface area contributed by atoms with Gasteiger partial charge in [0.1, 0.15) is 17.9 Å². The molecule has 1 aliphatic rings. The van der Waals surface area contributed by atoms with Gasteiger partial charge in [0.15, 0.2) is 0 Å². The number of sulfonamides is 1. The Morgan fingerprint density at radius 1 is 1.17 bits per heavy atom. The fourth-order valence-corrected chi connectivity index (χ4v) is 5.20. The number of carbonyl (C=O) groups is 1. The fraction of sp³-hybridized carbons (Fsp3) is 0.435. The molecule has 3 rings (SSSR count). The van der Waals surface area contributed by atoms with E-state index >= 15 is 0 Å². The molecule has 1 amide bonds. The molecule has 6 nitrogen and oxygen atoms in total. The lowest BCUT2D eigenvalue weighted by atomic mass is 9.89. The van der Waals surface area contributed by atoms with Crippen molar-refractivity contribution >= 4 is 21.6 Å². The van der Waals surface area contributed by atoms with E-state index in [-0.39, 0.29) is 18.5 Å². The van der Waals surface area contributed by atoms with Gasteiger partial charge < -0.3 is 10.1 Å². The van der Waals surface area contributed by atoms with Gasteiger partial charge in [0.2, 0.25) is 15.9 Å². The van der Waals surface area contributed by atoms with Crippen molar-refractivity contribution in [3.63, 3.8) is 0 Å². The zero-order chi connectivity index (χ0) is 22.3. The van der Waals surface area contributed by atoms with Crippen LogP contribution in [-0.2, 0) is 14.8 Å². The van der Waals surface area contributed by atoms with Crippen molar-refractivity contribution in [2.24, 2.45) is 0 Å². The topological polar surface area (TPSA) is 75.7 Å². The van der Waals surface area contributed by atoms with Crippen LogP contribution >= 0.6 is 0 Å². The average Bonchev–Trinajstić information content (AvgIpc) is 2.58. The summed E-state index contributed by atoms with van der Waals surface area (Å²) < 4.78 is 32.4. The highest BCUT2D eigenvalue weighted by Crippen LogP contribution is 2.39. The lowest BCUT2D eigenvalue weighted by Gasteiger charge is -2.38. The summed E-state index contributed by atoms with van der Waals surface area (Å²) in [6.07, 6.45) is 1.73. The monoisotopic (exact) mass is 430 g/mol. The first-order valence-electron chi connectivity index (χ1n) is 10.0. The molecule has 0 unspecified atom stereocenters. The molecule has 0 bridgehead atoms. The van der Waals surface area contributed by atoms with Crippen molar-refractivity contribution in [1.82, 2.24) is 5.32 Å². The second-order valence-corrected chi connectivity index (χ2v) is 10.6. The van der Waals surface area contributed by atoms with Crippen LogP contribution in [0, 0.1) is 20.8 Å². The predicted octanol–water partition coefficient (Wildman–Crippen LogP) is 3.80. The number of para-hydroxylation sites is 1. The van der Waals surface area contributed by atoms with Crippen LogP contribution < -0.4 is 14.4 Å². The van der Waals surface area contributed by atoms with Crippen LogP contribution in [0.2, 0.25) is 0 Å². The molecule has 0 aliphatic carbocycles. The van der Waals surface area contributed by atoms with Crippen molar-refractivity contribution in [1.29, 1.82) is 0 Å². The van der Waals surface area contributed by atoms with Crippen molar-refractivity contribution in [2.75, 3.05) is 17.1 Å². The van der Waals surface area contributed by atoms with E-state index in [1.165, 1.54) is 4.31 Å². The van der Waals surface area contributed by atoms with Crippen molar-refractivity contribution in [3.8, 4) is 5.75 Å². The number of benzene rings is 2. The van der Waals surface area contributed by atoms with Crippen LogP contribution in [-0.4, -0.2) is 32.7 Å². The van der Waals surface area contributed by atoms with Crippen LogP contribution in [0.1, 0.15) is 48.6 Å². The Balaban J connectivity index is 1.88. The number of fused-ring (bicyclic) bond motifs is 1. The Bertz CT molecular complexity index is 1050. The molecular formula is C23H30N2O4S. The molecule has 30 heavy (non-hydrogen) atoms. The van der Waals surface area contributed by atoms with Crippen LogP contribution in [0.25, 0.3) is 0 Å². The summed E-state index contributed by atoms with van der Waals surface area (Å²) in [5.74, 6) is 0.390. The molecule has 0 saturated heterocycles. The van der Waals surface area contributed by atoms with E-state index in [1.54, 1.807) is 0 Å². The first-order chi connectivity index (χ1) is 13.9. The number of ether oxygens (including phenoxy) is 1. The largest absolute Gasteiger partial charge is 0.487 e. The molecular weight excluding hydrogens is 400 g/mol. The van der Waals surface area contributed by atoms with Gasteiger partial charge in [0, 0.05) is 12.0 Å². The highest BCUT2D eigenvalue weighted by atomic mass is 32.2. The summed E-state index contributed by atoms with van der Waals surface area (Å²) in [7, 11) is -3.65. The maximum Gasteiger partial charge on any atom is 0.241 e. The van der Waals surface area contributed by atoms with Crippen molar-refractivity contribution in [3.05, 3.63) is 58.7 Å². The van der Waals surface area contributed by atoms with E-state index in [0.717, 1.165) is 34.3 Å². The van der Waals surface area contributed by atoms with Gasteiger partial charge in [-0.25, -0.2) is 8.42 Å². The third-order valence-corrected chi connectivity index (χ3v) is 6.40. The smallest absolute Gasteiger partial charge is 0.241 e. The Morgan fingerprint density at radius 2 is 1.77 bits per heavy atom. The first kappa shape index (κ1) is 22.2. The number of nitrogens with zero attached hydrogens (tertiary/aromatic N) is 1. The summed E-state index contributed by atoms with van der Waals surface area (Å²) in [5, 5.41) is 3.03. The normalized spacial score (nSPS) is 17.6. The van der Waals surface area contributed by atoms with Gasteiger partial charge in [-0.2, -0.15) is 0 Å². The number of carbonyl (C=O) groups excluding carboxylic acids is 1. The van der Waals surface area contributed by atoms with E-state index in [0.29, 0.717) is 12.1 Å². The number of rotatable bonds is 5. The minimum absolute atomic E-state index is 0.251. The number of hydrogen-bond donors (Lipinski definition) is 1. The van der Waals surface area contributed by atoms with E-state index in [9.17, 15) is 13.2 Å². The predicted molar refractivity (Wildman–Crippen MR) is 119 cm³/mol. The van der Waals surface area contributed by atoms with E-state index in [4.69, 9.17) is 4.74 Å². The quantitative estimate of drug-likeness (QED) is 0.783. The van der Waals surface area contributed by atoms with Gasteiger partial charge in [-0.15, -0.1) is 0 Å². The van der Waals surface area contributed by atoms with E-state index in [1.807, 2.05) is 71.0 Å². The Morgan fingerprint density at radius 3 is 2.37 bits per heavy atom. The highest BCUT2D eigenvalue weighted by Gasteiger charge is 2.35. The number of anilines is 1. The molecule has 162 valence electrons. The number of nitrogens with one attached hydrogen (secondary N) is 1. The Labute approximate surface area is 179 Å². The molecule has 1 atom stereocenters. The third kappa shape index (κ3) is 4.78. The van der Waals surface area contributed by atoms with Crippen molar-refractivity contribution in [2.45, 2.75) is 52.7 Å². The molecule has 2 aromatic carbocycles. The van der Waals surface area contributed by atoms with Crippen LogP contribution in [0.15, 0.2) is 36.4 Å². The molecule has 0 aromatic heterocycles. The molecule has 7 heteroatoms. The second kappa shape index (κ2) is 7.95. The molecule has 1 heterocycles. The van der Waals surface area contributed by atoms with Crippen LogP contribution in [0.3, 0.4) is 0 Å². The zero-order valence-electron chi connectivity index (χ0n) is 18.4. The number of aryl methyl sites for hydroxylation is 3. The first-order valence-corrected chi connectivity index (χ1v) is 11.8. The lowest BCUT2D eigenvalue weighted by molar-refractivity contribution is -0.120. The lowest BCUT2D eigenvalue weighted by Crippen LogP contribution is -2.45. The van der Waals surface area contributed by atoms with Gasteiger partial charge in [0.05, 0.1) is 18.0 Å². The average molecular weight is 431 g/mol. The minimum Gasteiger partial charge on any atom is -0.487 e. The standard InChI is InChI=1S/C23H30N2O4S/c1-15-11-16(2)22(17(3)12-15)25(30(6,27)28)14-21(26)24-19-13-23(4,5)29-20-10-8-7-9-18(19)20/h7-12,19H,13-14H2,1-6H3,(H,24,26)/t19-/m1/s1. The summed E-state index contributed by atoms with van der Waals surface area (Å²) >= 11 is 0. The number of amides is 1. The molecule has 1 aliphatic heterocycles. The Kier molecular flexibility index (Phi) is 5.87. The molecule has 0 saturated carbocycles. The Hall–Kier alpha value is -2.54. The maximum atomic E-state index is 13.0. The maximum absolute atomic E-state index is 13.0. The number of hydrogen-bond acceptors (Lipinski definition) is 4. The van der Waals surface area contributed by atoms with Gasteiger partial charge in [0.25, 0.3) is 0 Å². The summed E-state index contributed by atoms with van der Waals surface area (Å²) in [5.41, 5.74) is 3.72. The second-order valence-electron chi connectivity index (χ2n) is 8.74. The minimum atomic E-state index is -3.65. The van der Waals surface area contributed by atoms with Crippen LogP contribution in [0.4, 0.5) is 5.69 Å². The molecule has 0 spiro atoms. The summed E-state index contributed by atoms with van der Waals surface area (Å²) in [6, 6.07) is 11.2. The van der Waals surface area contributed by atoms with E-state index in [2.05, 4.69) is 5.32 Å². The fourth-order valence-electron chi connectivity index (χ4n) is 4.23. The SMILES string of the molecule is Cc1cc(C)c(N(CC(=O)N[C@@H]2CC(C)(C)Oc3ccccc32)S(C)(=O)=O)c(C)c1. The molecule has 0 radical (unpaired) electrons. The van der Waals surface area contributed by atoms with Gasteiger partial charge >= 0.3 is 0 Å². The van der Waals surface area contributed by atoms with Gasteiger partial charge in [-0.3, -0.25) is 9.10 Å². The van der Waals surface area contributed by atoms with Gasteiger partial charge in [-0.05, 0) is 51.8 Å². The van der Waals surface area contributed by atoms with Gasteiger partial charge in [-0.1, -0.05) is 35.9 Å². The molecule has 2 aromatic rings. The van der Waals surface area contributed by atoms with Crippen LogP contribution in [0.5, 0.6) is 5.75 Å². The van der Waals surface area contributed by atoms with E-state index < -0.39 is 15.6 Å². The third-order valence-electron chi connectivity index (χ3n) is 5.28. The summed E-state index contributed by atoms with van der Waals surface area (Å²) in [6.45, 7) is 9.37. The zero-order valence-corrected chi connectivity index (χ0v) is 19.3. The summed E-state index contributed by atoms with van der Waals surface area (Å²) in [4.78, 5) is 13.0. The highest BCUT2D eigenvalue weighted by molar-refractivity contribution is 7.92. The van der Waals surface area contributed by atoms with Crippen molar-refractivity contribution < 1.29 is 17.9 Å². The molecule has 1 N–H and O–H groups in total. The molecule has 0 fully saturated rings.